The standard InChI is InChI=1S/C10H12N4O5/c15-9(13-3-7(4-13)10(16)17)1-2-12-5-8(11-6-12)14(18)19/h5-7H,1-4H2,(H,16,17). The number of aryl methyl sites for hydroxylation is 1. The maximum atomic E-state index is 11.7. The van der Waals surface area contributed by atoms with Crippen molar-refractivity contribution in [2.24, 2.45) is 5.92 Å². The second-order valence-electron chi connectivity index (χ2n) is 4.31. The first-order chi connectivity index (χ1) is 8.97. The molecule has 1 aliphatic heterocycles. The number of carboxylic acids is 1. The van der Waals surface area contributed by atoms with E-state index in [0.717, 1.165) is 0 Å². The third-order valence-corrected chi connectivity index (χ3v) is 2.97. The Morgan fingerprint density at radius 3 is 2.74 bits per heavy atom. The molecule has 0 atom stereocenters. The summed E-state index contributed by atoms with van der Waals surface area (Å²) in [5.74, 6) is -1.79. The van der Waals surface area contributed by atoms with E-state index in [1.54, 1.807) is 0 Å². The monoisotopic (exact) mass is 268 g/mol. The average Bonchev–Trinajstić information content (AvgIpc) is 2.72. The van der Waals surface area contributed by atoms with Crippen LogP contribution in [0.2, 0.25) is 0 Å². The van der Waals surface area contributed by atoms with Crippen molar-refractivity contribution in [2.45, 2.75) is 13.0 Å². The van der Waals surface area contributed by atoms with Gasteiger partial charge in [0.1, 0.15) is 6.20 Å². The lowest BCUT2D eigenvalue weighted by atomic mass is 10.0. The summed E-state index contributed by atoms with van der Waals surface area (Å²) in [6.07, 6.45) is 2.71. The molecule has 0 aliphatic carbocycles. The van der Waals surface area contributed by atoms with Gasteiger partial charge in [0.2, 0.25) is 12.2 Å². The largest absolute Gasteiger partial charge is 0.481 e. The lowest BCUT2D eigenvalue weighted by molar-refractivity contribution is -0.389. The molecule has 0 aromatic carbocycles. The van der Waals surface area contributed by atoms with E-state index in [1.807, 2.05) is 0 Å². The fraction of sp³-hybridized carbons (Fsp3) is 0.500. The highest BCUT2D eigenvalue weighted by Crippen LogP contribution is 2.17. The van der Waals surface area contributed by atoms with Gasteiger partial charge in [-0.3, -0.25) is 9.59 Å². The zero-order chi connectivity index (χ0) is 14.0. The van der Waals surface area contributed by atoms with E-state index in [-0.39, 0.29) is 37.8 Å². The van der Waals surface area contributed by atoms with E-state index in [9.17, 15) is 19.7 Å². The molecule has 2 rings (SSSR count). The quantitative estimate of drug-likeness (QED) is 0.579. The highest BCUT2D eigenvalue weighted by atomic mass is 16.6. The van der Waals surface area contributed by atoms with Gasteiger partial charge in [0, 0.05) is 26.1 Å². The van der Waals surface area contributed by atoms with Crippen LogP contribution in [0.15, 0.2) is 12.5 Å². The Bertz CT molecular complexity index is 520. The van der Waals surface area contributed by atoms with E-state index in [1.165, 1.54) is 22.0 Å². The van der Waals surface area contributed by atoms with Crippen molar-refractivity contribution in [3.8, 4) is 0 Å². The van der Waals surface area contributed by atoms with E-state index in [2.05, 4.69) is 4.98 Å². The summed E-state index contributed by atoms with van der Waals surface area (Å²) in [6, 6.07) is 0. The van der Waals surface area contributed by atoms with Gasteiger partial charge < -0.3 is 24.7 Å². The molecule has 0 spiro atoms. The first-order valence-electron chi connectivity index (χ1n) is 5.64. The number of imidazole rings is 1. The topological polar surface area (TPSA) is 119 Å². The highest BCUT2D eigenvalue weighted by Gasteiger charge is 2.35. The number of amides is 1. The summed E-state index contributed by atoms with van der Waals surface area (Å²) in [4.78, 5) is 37.1. The minimum atomic E-state index is -0.894. The van der Waals surface area contributed by atoms with Gasteiger partial charge >= 0.3 is 11.8 Å². The Labute approximate surface area is 107 Å². The Hall–Kier alpha value is -2.45. The van der Waals surface area contributed by atoms with Gasteiger partial charge in [0.25, 0.3) is 0 Å². The number of aliphatic carboxylic acids is 1. The van der Waals surface area contributed by atoms with Crippen LogP contribution in [-0.2, 0) is 16.1 Å². The van der Waals surface area contributed by atoms with E-state index < -0.39 is 16.8 Å². The molecule has 1 aromatic rings. The molecule has 1 saturated heterocycles. The number of hydrogen-bond donors (Lipinski definition) is 1. The number of aromatic nitrogens is 2. The Morgan fingerprint density at radius 2 is 2.21 bits per heavy atom. The van der Waals surface area contributed by atoms with E-state index in [4.69, 9.17) is 5.11 Å². The Kier molecular flexibility index (Phi) is 3.45. The lowest BCUT2D eigenvalue weighted by Gasteiger charge is -2.36. The molecule has 9 heteroatoms. The third-order valence-electron chi connectivity index (χ3n) is 2.97. The van der Waals surface area contributed by atoms with Crippen LogP contribution in [0.4, 0.5) is 5.82 Å². The Morgan fingerprint density at radius 1 is 1.53 bits per heavy atom. The van der Waals surface area contributed by atoms with Crippen LogP contribution in [0.1, 0.15) is 6.42 Å². The summed E-state index contributed by atoms with van der Waals surface area (Å²) in [5.41, 5.74) is 0. The molecule has 0 saturated carbocycles. The first kappa shape index (κ1) is 13.0. The summed E-state index contributed by atoms with van der Waals surface area (Å²) in [5, 5.41) is 19.1. The van der Waals surface area contributed by atoms with Crippen LogP contribution in [0, 0.1) is 16.0 Å². The second kappa shape index (κ2) is 5.04. The molecule has 102 valence electrons. The second-order valence-corrected chi connectivity index (χ2v) is 4.31. The number of likely N-dealkylation sites (tertiary alicyclic amines) is 1. The zero-order valence-electron chi connectivity index (χ0n) is 9.93. The molecule has 0 radical (unpaired) electrons. The fourth-order valence-electron chi connectivity index (χ4n) is 1.79. The maximum absolute atomic E-state index is 11.7. The smallest absolute Gasteiger partial charge is 0.381 e. The summed E-state index contributed by atoms with van der Waals surface area (Å²) >= 11 is 0. The number of carbonyl (C=O) groups excluding carboxylic acids is 1. The van der Waals surface area contributed by atoms with Gasteiger partial charge in [-0.1, -0.05) is 0 Å². The molecular weight excluding hydrogens is 256 g/mol. The molecule has 1 aromatic heterocycles. The van der Waals surface area contributed by atoms with Crippen LogP contribution < -0.4 is 0 Å². The number of rotatable bonds is 5. The minimum Gasteiger partial charge on any atom is -0.481 e. The van der Waals surface area contributed by atoms with E-state index in [0.29, 0.717) is 0 Å². The summed E-state index contributed by atoms with van der Waals surface area (Å²) in [6.45, 7) is 0.754. The average molecular weight is 268 g/mol. The predicted molar refractivity (Wildman–Crippen MR) is 61.2 cm³/mol. The van der Waals surface area contributed by atoms with Crippen LogP contribution >= 0.6 is 0 Å². The van der Waals surface area contributed by atoms with Gasteiger partial charge in [0.15, 0.2) is 0 Å². The van der Waals surface area contributed by atoms with Crippen molar-refractivity contribution in [1.82, 2.24) is 14.5 Å². The fourth-order valence-corrected chi connectivity index (χ4v) is 1.79. The molecule has 0 unspecified atom stereocenters. The highest BCUT2D eigenvalue weighted by molar-refractivity contribution is 5.80. The molecule has 1 amide bonds. The van der Waals surface area contributed by atoms with Crippen LogP contribution in [0.25, 0.3) is 0 Å². The number of carboxylic acid groups (broad SMARTS) is 1. The number of nitrogens with zero attached hydrogens (tertiary/aromatic N) is 4. The van der Waals surface area contributed by atoms with Crippen molar-refractivity contribution in [3.63, 3.8) is 0 Å². The van der Waals surface area contributed by atoms with Crippen LogP contribution in [-0.4, -0.2) is 49.4 Å². The SMILES string of the molecule is O=C(O)C1CN(C(=O)CCn2cnc([N+](=O)[O-])c2)C1. The Balaban J connectivity index is 1.78. The van der Waals surface area contributed by atoms with Gasteiger partial charge in [-0.25, -0.2) is 0 Å². The van der Waals surface area contributed by atoms with Gasteiger partial charge in [-0.05, 0) is 9.91 Å². The number of carbonyl (C=O) groups is 2. The maximum Gasteiger partial charge on any atom is 0.381 e. The molecule has 19 heavy (non-hydrogen) atoms. The summed E-state index contributed by atoms with van der Waals surface area (Å²) in [7, 11) is 0. The molecule has 2 heterocycles. The van der Waals surface area contributed by atoms with Gasteiger partial charge in [-0.15, -0.1) is 0 Å². The van der Waals surface area contributed by atoms with Crippen molar-refractivity contribution in [1.29, 1.82) is 0 Å². The molecule has 1 N–H and O–H groups in total. The molecular formula is C10H12N4O5. The van der Waals surface area contributed by atoms with Crippen molar-refractivity contribution in [2.75, 3.05) is 13.1 Å². The molecule has 0 bridgehead atoms. The third kappa shape index (κ3) is 2.87. The zero-order valence-corrected chi connectivity index (χ0v) is 9.93. The molecule has 9 nitrogen and oxygen atoms in total. The molecule has 1 fully saturated rings. The van der Waals surface area contributed by atoms with Gasteiger partial charge in [0.05, 0.1) is 5.92 Å². The number of nitro groups is 1. The van der Waals surface area contributed by atoms with Gasteiger partial charge in [-0.2, -0.15) is 0 Å². The van der Waals surface area contributed by atoms with Crippen molar-refractivity contribution < 1.29 is 19.6 Å². The summed E-state index contributed by atoms with van der Waals surface area (Å²) < 4.78 is 1.46. The van der Waals surface area contributed by atoms with Crippen LogP contribution in [0.5, 0.6) is 0 Å². The molecule has 1 aliphatic rings. The lowest BCUT2D eigenvalue weighted by Crippen LogP contribution is -2.53. The number of hydrogen-bond acceptors (Lipinski definition) is 5. The normalized spacial score (nSPS) is 15.1. The van der Waals surface area contributed by atoms with Crippen molar-refractivity contribution >= 4 is 17.7 Å². The first-order valence-corrected chi connectivity index (χ1v) is 5.64. The van der Waals surface area contributed by atoms with E-state index >= 15 is 0 Å². The minimum absolute atomic E-state index is 0.158. The van der Waals surface area contributed by atoms with Crippen molar-refractivity contribution in [3.05, 3.63) is 22.6 Å². The predicted octanol–water partition coefficient (Wildman–Crippen LogP) is -0.276. The van der Waals surface area contributed by atoms with Crippen LogP contribution in [0.3, 0.4) is 0 Å².